The molecule has 2 nitrogen and oxygen atoms in total. The van der Waals surface area contributed by atoms with Crippen LogP contribution in [-0.2, 0) is 10.9 Å². The van der Waals surface area contributed by atoms with E-state index in [0.29, 0.717) is 6.54 Å². The molecule has 1 heterocycles. The average Bonchev–Trinajstić information content (AvgIpc) is 2.45. The molecule has 1 aromatic carbocycles. The van der Waals surface area contributed by atoms with Crippen LogP contribution >= 0.6 is 0 Å². The number of allylic oxidation sites excluding steroid dienone is 1. The summed E-state index contributed by atoms with van der Waals surface area (Å²) in [7, 11) is 0. The van der Waals surface area contributed by atoms with Crippen molar-refractivity contribution in [3.63, 3.8) is 0 Å². The van der Waals surface area contributed by atoms with Crippen LogP contribution in [0.4, 0.5) is 13.2 Å². The Balaban J connectivity index is 1.88. The van der Waals surface area contributed by atoms with Crippen molar-refractivity contribution in [3.05, 3.63) is 47.7 Å². The van der Waals surface area contributed by atoms with Crippen molar-refractivity contribution in [2.45, 2.75) is 38.1 Å². The summed E-state index contributed by atoms with van der Waals surface area (Å²) in [5.41, 5.74) is 0.221. The molecule has 2 unspecified atom stereocenters. The molecule has 1 aliphatic heterocycles. The second-order valence-electron chi connectivity index (χ2n) is 4.96. The predicted molar refractivity (Wildman–Crippen MR) is 71.1 cm³/mol. The first-order valence-electron chi connectivity index (χ1n) is 6.68. The zero-order chi connectivity index (χ0) is 14.6. The monoisotopic (exact) mass is 285 g/mol. The summed E-state index contributed by atoms with van der Waals surface area (Å²) in [5, 5.41) is 3.29. The quantitative estimate of drug-likeness (QED) is 0.901. The SMILES string of the molecule is CC(NCC1CCC=CO1)c1ccc(C(F)(F)F)cc1. The van der Waals surface area contributed by atoms with Gasteiger partial charge in [0.25, 0.3) is 0 Å². The predicted octanol–water partition coefficient (Wildman–Crippen LogP) is 4.05. The summed E-state index contributed by atoms with van der Waals surface area (Å²) in [4.78, 5) is 0. The molecule has 0 saturated heterocycles. The molecule has 0 aliphatic carbocycles. The smallest absolute Gasteiger partial charge is 0.416 e. The van der Waals surface area contributed by atoms with Crippen molar-refractivity contribution in [1.29, 1.82) is 0 Å². The van der Waals surface area contributed by atoms with Gasteiger partial charge in [0.2, 0.25) is 0 Å². The first kappa shape index (κ1) is 14.9. The van der Waals surface area contributed by atoms with E-state index in [1.54, 1.807) is 6.26 Å². The Hall–Kier alpha value is -1.49. The summed E-state index contributed by atoms with van der Waals surface area (Å²) in [6.45, 7) is 2.62. The molecule has 0 spiro atoms. The molecule has 1 aliphatic rings. The summed E-state index contributed by atoms with van der Waals surface area (Å²) in [6.07, 6.45) is 1.51. The van der Waals surface area contributed by atoms with Gasteiger partial charge in [-0.3, -0.25) is 0 Å². The fourth-order valence-electron chi connectivity index (χ4n) is 2.12. The van der Waals surface area contributed by atoms with Crippen LogP contribution in [0, 0.1) is 0 Å². The maximum Gasteiger partial charge on any atom is 0.416 e. The second-order valence-corrected chi connectivity index (χ2v) is 4.96. The van der Waals surface area contributed by atoms with Crippen LogP contribution in [0.3, 0.4) is 0 Å². The topological polar surface area (TPSA) is 21.3 Å². The number of halogens is 3. The van der Waals surface area contributed by atoms with E-state index in [-0.39, 0.29) is 12.1 Å². The lowest BCUT2D eigenvalue weighted by molar-refractivity contribution is -0.137. The molecule has 1 aromatic rings. The van der Waals surface area contributed by atoms with Crippen molar-refractivity contribution in [2.24, 2.45) is 0 Å². The first-order valence-corrected chi connectivity index (χ1v) is 6.68. The van der Waals surface area contributed by atoms with E-state index in [4.69, 9.17) is 4.74 Å². The van der Waals surface area contributed by atoms with E-state index in [9.17, 15) is 13.2 Å². The van der Waals surface area contributed by atoms with Crippen LogP contribution in [0.15, 0.2) is 36.6 Å². The summed E-state index contributed by atoms with van der Waals surface area (Å²) >= 11 is 0. The molecule has 2 rings (SSSR count). The minimum absolute atomic E-state index is 0.00760. The largest absolute Gasteiger partial charge is 0.497 e. The molecular formula is C15H18F3NO. The number of benzene rings is 1. The molecule has 2 atom stereocenters. The fourth-order valence-corrected chi connectivity index (χ4v) is 2.12. The molecule has 0 amide bonds. The average molecular weight is 285 g/mol. The second kappa shape index (κ2) is 6.31. The van der Waals surface area contributed by atoms with Gasteiger partial charge in [-0.25, -0.2) is 0 Å². The Morgan fingerprint density at radius 1 is 1.30 bits per heavy atom. The third-order valence-corrected chi connectivity index (χ3v) is 3.41. The number of ether oxygens (including phenoxy) is 1. The van der Waals surface area contributed by atoms with Gasteiger partial charge in [0, 0.05) is 12.6 Å². The van der Waals surface area contributed by atoms with Crippen molar-refractivity contribution < 1.29 is 17.9 Å². The van der Waals surface area contributed by atoms with Crippen LogP contribution in [0.25, 0.3) is 0 Å². The standard InChI is InChI=1S/C15H18F3NO/c1-11(19-10-14-4-2-3-9-20-14)12-5-7-13(8-6-12)15(16,17)18/h3,5-9,11,14,19H,2,4,10H2,1H3. The van der Waals surface area contributed by atoms with Crippen molar-refractivity contribution >= 4 is 0 Å². The number of rotatable bonds is 4. The summed E-state index contributed by atoms with van der Waals surface area (Å²) < 4.78 is 42.9. The van der Waals surface area contributed by atoms with E-state index in [1.807, 2.05) is 13.0 Å². The van der Waals surface area contributed by atoms with Gasteiger partial charge in [0.1, 0.15) is 6.10 Å². The van der Waals surface area contributed by atoms with Crippen molar-refractivity contribution in [1.82, 2.24) is 5.32 Å². The fraction of sp³-hybridized carbons (Fsp3) is 0.467. The molecule has 5 heteroatoms. The third kappa shape index (κ3) is 4.00. The van der Waals surface area contributed by atoms with E-state index in [0.717, 1.165) is 30.5 Å². The highest BCUT2D eigenvalue weighted by Gasteiger charge is 2.30. The van der Waals surface area contributed by atoms with Gasteiger partial charge >= 0.3 is 6.18 Å². The van der Waals surface area contributed by atoms with Gasteiger partial charge < -0.3 is 10.1 Å². The van der Waals surface area contributed by atoms with E-state index in [1.165, 1.54) is 12.1 Å². The minimum atomic E-state index is -4.28. The maximum absolute atomic E-state index is 12.5. The molecule has 110 valence electrons. The van der Waals surface area contributed by atoms with Gasteiger partial charge in [0.05, 0.1) is 11.8 Å². The summed E-state index contributed by atoms with van der Waals surface area (Å²) in [6, 6.07) is 5.26. The number of hydrogen-bond acceptors (Lipinski definition) is 2. The van der Waals surface area contributed by atoms with Crippen LogP contribution in [0.5, 0.6) is 0 Å². The minimum Gasteiger partial charge on any atom is -0.497 e. The third-order valence-electron chi connectivity index (χ3n) is 3.41. The number of alkyl halides is 3. The Morgan fingerprint density at radius 2 is 2.00 bits per heavy atom. The first-order chi connectivity index (χ1) is 9.47. The molecule has 0 bridgehead atoms. The molecule has 0 saturated carbocycles. The van der Waals surface area contributed by atoms with Crippen LogP contribution < -0.4 is 5.32 Å². The lowest BCUT2D eigenvalue weighted by Gasteiger charge is -2.22. The van der Waals surface area contributed by atoms with Crippen molar-refractivity contribution in [2.75, 3.05) is 6.54 Å². The lowest BCUT2D eigenvalue weighted by Crippen LogP contribution is -2.31. The van der Waals surface area contributed by atoms with Gasteiger partial charge in [-0.2, -0.15) is 13.2 Å². The van der Waals surface area contributed by atoms with Crippen LogP contribution in [0.2, 0.25) is 0 Å². The van der Waals surface area contributed by atoms with Gasteiger partial charge in [0.15, 0.2) is 0 Å². The van der Waals surface area contributed by atoms with Gasteiger partial charge in [-0.15, -0.1) is 0 Å². The van der Waals surface area contributed by atoms with Gasteiger partial charge in [-0.1, -0.05) is 12.1 Å². The Bertz CT molecular complexity index is 453. The molecule has 1 N–H and O–H groups in total. The van der Waals surface area contributed by atoms with E-state index < -0.39 is 11.7 Å². The Morgan fingerprint density at radius 3 is 2.55 bits per heavy atom. The van der Waals surface area contributed by atoms with Crippen molar-refractivity contribution in [3.8, 4) is 0 Å². The van der Waals surface area contributed by atoms with E-state index in [2.05, 4.69) is 5.32 Å². The Labute approximate surface area is 116 Å². The molecule has 20 heavy (non-hydrogen) atoms. The zero-order valence-corrected chi connectivity index (χ0v) is 11.3. The zero-order valence-electron chi connectivity index (χ0n) is 11.3. The lowest BCUT2D eigenvalue weighted by atomic mass is 10.1. The molecular weight excluding hydrogens is 267 g/mol. The highest BCUT2D eigenvalue weighted by molar-refractivity contribution is 5.26. The maximum atomic E-state index is 12.5. The molecule has 0 radical (unpaired) electrons. The van der Waals surface area contributed by atoms with E-state index >= 15 is 0 Å². The summed E-state index contributed by atoms with van der Waals surface area (Å²) in [5.74, 6) is 0. The van der Waals surface area contributed by atoms with Gasteiger partial charge in [-0.05, 0) is 43.5 Å². The number of hydrogen-bond donors (Lipinski definition) is 1. The molecule has 0 aromatic heterocycles. The van der Waals surface area contributed by atoms with Crippen LogP contribution in [-0.4, -0.2) is 12.6 Å². The van der Waals surface area contributed by atoms with Crippen LogP contribution in [0.1, 0.15) is 36.9 Å². The normalized spacial score (nSPS) is 20.5. The highest BCUT2D eigenvalue weighted by atomic mass is 19.4. The Kier molecular flexibility index (Phi) is 4.70. The molecule has 0 fully saturated rings. The number of nitrogens with one attached hydrogen (secondary N) is 1. The highest BCUT2D eigenvalue weighted by Crippen LogP contribution is 2.29.